The number of anilines is 2. The molecule has 0 aliphatic rings. The molecule has 3 aromatic carbocycles. The molecular weight excluding hydrogens is 432 g/mol. The maximum absolute atomic E-state index is 12.9. The number of benzene rings is 3. The van der Waals surface area contributed by atoms with Gasteiger partial charge in [-0.15, -0.1) is 0 Å². The summed E-state index contributed by atoms with van der Waals surface area (Å²) in [5, 5.41) is 9.74. The molecule has 172 valence electrons. The first kappa shape index (κ1) is 22.8. The molecule has 0 spiro atoms. The molecule has 34 heavy (non-hydrogen) atoms. The van der Waals surface area contributed by atoms with Crippen molar-refractivity contribution in [3.63, 3.8) is 0 Å². The number of fused-ring (bicyclic) bond motifs is 1. The number of para-hydroxylation sites is 1. The maximum atomic E-state index is 12.9. The van der Waals surface area contributed by atoms with Crippen molar-refractivity contribution in [3.05, 3.63) is 84.1 Å². The first-order valence-electron chi connectivity index (χ1n) is 10.6. The molecule has 3 N–H and O–H groups in total. The number of nitrogens with one attached hydrogen (secondary N) is 2. The number of hydroxylamine groups is 1. The molecule has 1 heterocycles. The Morgan fingerprint density at radius 1 is 0.882 bits per heavy atom. The van der Waals surface area contributed by atoms with Gasteiger partial charge in [0.05, 0.1) is 11.4 Å². The Bertz CT molecular complexity index is 1390. The number of aromatic amines is 1. The van der Waals surface area contributed by atoms with Crippen LogP contribution < -0.4 is 10.4 Å². The van der Waals surface area contributed by atoms with Crippen LogP contribution in [0.4, 0.5) is 11.4 Å². The van der Waals surface area contributed by atoms with Crippen LogP contribution in [0.15, 0.2) is 72.9 Å². The van der Waals surface area contributed by atoms with Gasteiger partial charge in [0.15, 0.2) is 0 Å². The lowest BCUT2D eigenvalue weighted by molar-refractivity contribution is -0.115. The fourth-order valence-electron chi connectivity index (χ4n) is 3.90. The van der Waals surface area contributed by atoms with Crippen LogP contribution in [0.25, 0.3) is 22.0 Å². The van der Waals surface area contributed by atoms with E-state index in [4.69, 9.17) is 5.21 Å². The minimum absolute atomic E-state index is 0.207. The van der Waals surface area contributed by atoms with Crippen molar-refractivity contribution in [2.45, 2.75) is 6.92 Å². The summed E-state index contributed by atoms with van der Waals surface area (Å²) in [7, 11) is 3.33. The van der Waals surface area contributed by atoms with E-state index in [-0.39, 0.29) is 17.4 Å². The third-order valence-electron chi connectivity index (χ3n) is 5.53. The molecular formula is C26H24N4O4. The third-order valence-corrected chi connectivity index (χ3v) is 5.53. The molecule has 0 atom stereocenters. The second-order valence-corrected chi connectivity index (χ2v) is 8.06. The molecule has 0 unspecified atom stereocenters. The number of rotatable bonds is 5. The van der Waals surface area contributed by atoms with E-state index in [0.717, 1.165) is 16.5 Å². The van der Waals surface area contributed by atoms with Gasteiger partial charge >= 0.3 is 0 Å². The SMILES string of the molecule is CC(=O)N(c1cc(C(=O)N(C)C)cc(-c2ccc(C(=O)NO)cc2)c1)c1c[nH]c2ccccc12. The lowest BCUT2D eigenvalue weighted by Gasteiger charge is -2.23. The largest absolute Gasteiger partial charge is 0.359 e. The third kappa shape index (κ3) is 4.26. The van der Waals surface area contributed by atoms with Crippen molar-refractivity contribution in [2.24, 2.45) is 0 Å². The van der Waals surface area contributed by atoms with Crippen molar-refractivity contribution in [2.75, 3.05) is 19.0 Å². The summed E-state index contributed by atoms with van der Waals surface area (Å²) < 4.78 is 0. The molecule has 0 fully saturated rings. The number of nitrogens with zero attached hydrogens (tertiary/aromatic N) is 2. The summed E-state index contributed by atoms with van der Waals surface area (Å²) in [6.07, 6.45) is 1.77. The van der Waals surface area contributed by atoms with E-state index in [1.807, 2.05) is 30.3 Å². The molecule has 0 saturated carbocycles. The molecule has 8 nitrogen and oxygen atoms in total. The van der Waals surface area contributed by atoms with Gasteiger partial charge in [-0.25, -0.2) is 5.48 Å². The average Bonchev–Trinajstić information content (AvgIpc) is 3.26. The van der Waals surface area contributed by atoms with Crippen LogP contribution in [-0.2, 0) is 4.79 Å². The van der Waals surface area contributed by atoms with E-state index in [2.05, 4.69) is 4.98 Å². The molecule has 0 radical (unpaired) electrons. The minimum Gasteiger partial charge on any atom is -0.359 e. The Labute approximate surface area is 196 Å². The number of H-pyrrole nitrogens is 1. The van der Waals surface area contributed by atoms with Crippen LogP contribution >= 0.6 is 0 Å². The lowest BCUT2D eigenvalue weighted by atomic mass is 9.99. The molecule has 0 aliphatic carbocycles. The highest BCUT2D eigenvalue weighted by Crippen LogP contribution is 2.35. The van der Waals surface area contributed by atoms with Crippen LogP contribution in [0, 0.1) is 0 Å². The van der Waals surface area contributed by atoms with Crippen LogP contribution in [0.3, 0.4) is 0 Å². The van der Waals surface area contributed by atoms with Gasteiger partial charge in [0.2, 0.25) is 5.91 Å². The van der Waals surface area contributed by atoms with Crippen LogP contribution in [-0.4, -0.2) is 46.9 Å². The second-order valence-electron chi connectivity index (χ2n) is 8.06. The van der Waals surface area contributed by atoms with Crippen LogP contribution in [0.5, 0.6) is 0 Å². The van der Waals surface area contributed by atoms with E-state index in [9.17, 15) is 14.4 Å². The molecule has 0 bridgehead atoms. The topological polar surface area (TPSA) is 106 Å². The monoisotopic (exact) mass is 456 g/mol. The van der Waals surface area contributed by atoms with Gasteiger partial charge in [0.1, 0.15) is 0 Å². The number of aromatic nitrogens is 1. The van der Waals surface area contributed by atoms with Gasteiger partial charge in [-0.05, 0) is 47.5 Å². The highest BCUT2D eigenvalue weighted by molar-refractivity contribution is 6.08. The van der Waals surface area contributed by atoms with E-state index in [1.165, 1.54) is 11.8 Å². The Hall–Kier alpha value is -4.43. The molecule has 4 rings (SSSR count). The van der Waals surface area contributed by atoms with Crippen LogP contribution in [0.2, 0.25) is 0 Å². The quantitative estimate of drug-likeness (QED) is 0.307. The maximum Gasteiger partial charge on any atom is 0.274 e. The lowest BCUT2D eigenvalue weighted by Crippen LogP contribution is -2.25. The number of carbonyl (C=O) groups is 3. The zero-order valence-corrected chi connectivity index (χ0v) is 19.0. The zero-order chi connectivity index (χ0) is 24.4. The van der Waals surface area contributed by atoms with Gasteiger partial charge < -0.3 is 9.88 Å². The Balaban J connectivity index is 1.89. The first-order valence-corrected chi connectivity index (χ1v) is 10.6. The van der Waals surface area contributed by atoms with E-state index in [0.29, 0.717) is 22.5 Å². The van der Waals surface area contributed by atoms with Crippen molar-refractivity contribution >= 4 is 40.0 Å². The van der Waals surface area contributed by atoms with E-state index >= 15 is 0 Å². The minimum atomic E-state index is -0.620. The number of hydrogen-bond donors (Lipinski definition) is 3. The molecule has 3 amide bonds. The number of carbonyl (C=O) groups excluding carboxylic acids is 3. The zero-order valence-electron chi connectivity index (χ0n) is 19.0. The molecule has 8 heteroatoms. The van der Waals surface area contributed by atoms with Gasteiger partial charge in [-0.2, -0.15) is 0 Å². The molecule has 0 saturated heterocycles. The summed E-state index contributed by atoms with van der Waals surface area (Å²) in [6, 6.07) is 19.5. The standard InChI is InChI=1S/C26H24N4O4/c1-16(31)30(24-15-27-23-7-5-4-6-22(23)24)21-13-19(12-20(14-21)26(33)29(2)3)17-8-10-18(11-9-17)25(32)28-34/h4-15,27,34H,1-3H3,(H,28,32). The van der Waals surface area contributed by atoms with Crippen molar-refractivity contribution < 1.29 is 19.6 Å². The Morgan fingerprint density at radius 2 is 1.59 bits per heavy atom. The van der Waals surface area contributed by atoms with Gasteiger partial charge in [-0.3, -0.25) is 24.5 Å². The summed E-state index contributed by atoms with van der Waals surface area (Å²) in [5.74, 6) is -1.03. The van der Waals surface area contributed by atoms with Crippen molar-refractivity contribution in [1.29, 1.82) is 0 Å². The van der Waals surface area contributed by atoms with Gasteiger partial charge in [0.25, 0.3) is 11.8 Å². The summed E-state index contributed by atoms with van der Waals surface area (Å²) in [6.45, 7) is 1.48. The predicted octanol–water partition coefficient (Wildman–Crippen LogP) is 4.34. The molecule has 1 aromatic heterocycles. The van der Waals surface area contributed by atoms with Crippen LogP contribution in [0.1, 0.15) is 27.6 Å². The number of amides is 3. The molecule has 0 aliphatic heterocycles. The molecule has 4 aromatic rings. The van der Waals surface area contributed by atoms with Gasteiger partial charge in [0, 0.05) is 49.2 Å². The summed E-state index contributed by atoms with van der Waals surface area (Å²) in [4.78, 5) is 43.7. The normalized spacial score (nSPS) is 10.7. The van der Waals surface area contributed by atoms with E-state index < -0.39 is 5.91 Å². The number of hydrogen-bond acceptors (Lipinski definition) is 4. The summed E-state index contributed by atoms with van der Waals surface area (Å²) >= 11 is 0. The summed E-state index contributed by atoms with van der Waals surface area (Å²) in [5.41, 5.74) is 5.86. The Kier molecular flexibility index (Phi) is 6.16. The smallest absolute Gasteiger partial charge is 0.274 e. The Morgan fingerprint density at radius 3 is 2.24 bits per heavy atom. The highest BCUT2D eigenvalue weighted by atomic mass is 16.5. The predicted molar refractivity (Wildman–Crippen MR) is 130 cm³/mol. The average molecular weight is 457 g/mol. The fraction of sp³-hybridized carbons (Fsp3) is 0.115. The van der Waals surface area contributed by atoms with Crippen molar-refractivity contribution in [1.82, 2.24) is 15.4 Å². The fourth-order valence-corrected chi connectivity index (χ4v) is 3.90. The van der Waals surface area contributed by atoms with Gasteiger partial charge in [-0.1, -0.05) is 30.3 Å². The van der Waals surface area contributed by atoms with E-state index in [1.54, 1.807) is 67.1 Å². The first-order chi connectivity index (χ1) is 16.3. The van der Waals surface area contributed by atoms with Crippen molar-refractivity contribution in [3.8, 4) is 11.1 Å². The second kappa shape index (κ2) is 9.21. The highest BCUT2D eigenvalue weighted by Gasteiger charge is 2.21.